The Hall–Kier alpha value is -2.68. The van der Waals surface area contributed by atoms with Gasteiger partial charge < -0.3 is 19.3 Å². The summed E-state index contributed by atoms with van der Waals surface area (Å²) in [6, 6.07) is 2.84. The first-order valence-corrected chi connectivity index (χ1v) is 7.87. The summed E-state index contributed by atoms with van der Waals surface area (Å²) >= 11 is 0.982. The van der Waals surface area contributed by atoms with Gasteiger partial charge in [-0.1, -0.05) is 0 Å². The van der Waals surface area contributed by atoms with Crippen LogP contribution in [0, 0.1) is 5.82 Å². The number of ether oxygens (including phenoxy) is 3. The van der Waals surface area contributed by atoms with E-state index in [-0.39, 0.29) is 21.8 Å². The molecule has 1 aromatic carbocycles. The molecule has 0 unspecified atom stereocenters. The Morgan fingerprint density at radius 1 is 1.24 bits per heavy atom. The Balaban J connectivity index is 2.38. The number of ketones is 1. The third-order valence-corrected chi connectivity index (χ3v) is 4.46. The number of Topliss-reactive ketones (excluding diaryl/α,β-unsaturated/α-hetero) is 1. The number of halogens is 1. The third kappa shape index (κ3) is 3.87. The molecule has 0 aliphatic heterocycles. The Morgan fingerprint density at radius 2 is 1.92 bits per heavy atom. The Labute approximate surface area is 145 Å². The molecule has 0 fully saturated rings. The van der Waals surface area contributed by atoms with Gasteiger partial charge in [0.2, 0.25) is 6.10 Å². The summed E-state index contributed by atoms with van der Waals surface area (Å²) in [6.07, 6.45) is -2.14. The van der Waals surface area contributed by atoms with E-state index in [2.05, 4.69) is 4.74 Å². The average Bonchev–Trinajstić information content (AvgIpc) is 2.98. The molecule has 0 aliphatic rings. The number of aliphatic carboxylic acids is 1. The maximum absolute atomic E-state index is 14.5. The molecule has 0 amide bonds. The van der Waals surface area contributed by atoms with Crippen LogP contribution in [-0.2, 0) is 14.3 Å². The van der Waals surface area contributed by atoms with Crippen LogP contribution in [0.1, 0.15) is 23.0 Å². The van der Waals surface area contributed by atoms with Gasteiger partial charge in [-0.2, -0.15) is 0 Å². The van der Waals surface area contributed by atoms with E-state index >= 15 is 0 Å². The number of benzene rings is 1. The van der Waals surface area contributed by atoms with E-state index in [1.54, 1.807) is 0 Å². The summed E-state index contributed by atoms with van der Waals surface area (Å²) in [6.45, 7) is 1.05. The number of carboxylic acid groups (broad SMARTS) is 1. The van der Waals surface area contributed by atoms with E-state index in [9.17, 15) is 18.8 Å². The van der Waals surface area contributed by atoms with Gasteiger partial charge >= 0.3 is 11.9 Å². The first-order valence-electron chi connectivity index (χ1n) is 7.05. The summed E-state index contributed by atoms with van der Waals surface area (Å²) in [5.74, 6) is -3.41. The SMILES string of the molecule is COc1cc2sc(C(=O)C[C@H](OC(C)=O)C(=O)O)cc2c(F)c1OC. The van der Waals surface area contributed by atoms with Crippen molar-refractivity contribution in [1.82, 2.24) is 0 Å². The zero-order chi connectivity index (χ0) is 18.7. The Bertz CT molecular complexity index is 843. The molecule has 0 bridgehead atoms. The normalized spacial score (nSPS) is 11.8. The van der Waals surface area contributed by atoms with Crippen molar-refractivity contribution in [2.24, 2.45) is 0 Å². The van der Waals surface area contributed by atoms with Crippen molar-refractivity contribution < 1.29 is 38.1 Å². The van der Waals surface area contributed by atoms with Crippen molar-refractivity contribution in [3.05, 3.63) is 22.8 Å². The van der Waals surface area contributed by atoms with E-state index in [1.165, 1.54) is 26.4 Å². The number of carbonyl (C=O) groups is 3. The minimum Gasteiger partial charge on any atom is -0.493 e. The molecule has 2 rings (SSSR count). The van der Waals surface area contributed by atoms with Gasteiger partial charge in [-0.3, -0.25) is 9.59 Å². The first kappa shape index (κ1) is 18.7. The molecule has 0 aliphatic carbocycles. The number of carbonyl (C=O) groups excluding carboxylic acids is 2. The van der Waals surface area contributed by atoms with Gasteiger partial charge in [-0.15, -0.1) is 11.3 Å². The van der Waals surface area contributed by atoms with Crippen molar-refractivity contribution in [2.45, 2.75) is 19.4 Å². The van der Waals surface area contributed by atoms with E-state index in [0.717, 1.165) is 18.3 Å². The number of hydrogen-bond acceptors (Lipinski definition) is 7. The number of rotatable bonds is 7. The van der Waals surface area contributed by atoms with Crippen molar-refractivity contribution in [3.63, 3.8) is 0 Å². The molecule has 1 heterocycles. The lowest BCUT2D eigenvalue weighted by Crippen LogP contribution is -2.28. The fraction of sp³-hybridized carbons (Fsp3) is 0.312. The van der Waals surface area contributed by atoms with Crippen molar-refractivity contribution >= 4 is 39.1 Å². The van der Waals surface area contributed by atoms with Crippen LogP contribution in [0.2, 0.25) is 0 Å². The number of carboxylic acids is 1. The molecule has 0 radical (unpaired) electrons. The predicted molar refractivity (Wildman–Crippen MR) is 87.0 cm³/mol. The second-order valence-corrected chi connectivity index (χ2v) is 6.10. The van der Waals surface area contributed by atoms with Crippen LogP contribution >= 0.6 is 11.3 Å². The highest BCUT2D eigenvalue weighted by atomic mass is 32.1. The van der Waals surface area contributed by atoms with Crippen molar-refractivity contribution in [1.29, 1.82) is 0 Å². The minimum absolute atomic E-state index is 0.0878. The number of fused-ring (bicyclic) bond motifs is 1. The number of hydrogen-bond donors (Lipinski definition) is 1. The fourth-order valence-electron chi connectivity index (χ4n) is 2.23. The molecule has 1 atom stereocenters. The minimum atomic E-state index is -1.59. The molecule has 25 heavy (non-hydrogen) atoms. The molecule has 0 saturated heterocycles. The second kappa shape index (κ2) is 7.47. The number of methoxy groups -OCH3 is 2. The Kier molecular flexibility index (Phi) is 5.58. The van der Waals surface area contributed by atoms with Gasteiger partial charge in [0, 0.05) is 23.1 Å². The quantitative estimate of drug-likeness (QED) is 0.591. The molecule has 1 aromatic heterocycles. The first-order chi connectivity index (χ1) is 11.8. The van der Waals surface area contributed by atoms with E-state index in [4.69, 9.17) is 14.6 Å². The van der Waals surface area contributed by atoms with Gasteiger partial charge in [-0.25, -0.2) is 9.18 Å². The van der Waals surface area contributed by atoms with Gasteiger partial charge in [0.05, 0.1) is 25.5 Å². The molecule has 7 nitrogen and oxygen atoms in total. The monoisotopic (exact) mass is 370 g/mol. The lowest BCUT2D eigenvalue weighted by Gasteiger charge is -2.10. The predicted octanol–water partition coefficient (Wildman–Crippen LogP) is 2.65. The van der Waals surface area contributed by atoms with Gasteiger partial charge in [0.25, 0.3) is 0 Å². The summed E-state index contributed by atoms with van der Waals surface area (Å²) in [7, 11) is 2.65. The highest BCUT2D eigenvalue weighted by Gasteiger charge is 2.27. The standard InChI is InChI=1S/C16H15FO7S/c1-7(18)24-11(16(20)21)5-9(19)13-4-8-12(25-13)6-10(22-2)15(23-3)14(8)17/h4,6,11H,5H2,1-3H3,(H,20,21)/t11-/m0/s1. The van der Waals surface area contributed by atoms with Crippen LogP contribution in [0.15, 0.2) is 12.1 Å². The van der Waals surface area contributed by atoms with Gasteiger partial charge in [0.1, 0.15) is 0 Å². The van der Waals surface area contributed by atoms with E-state index in [0.29, 0.717) is 4.70 Å². The van der Waals surface area contributed by atoms with Crippen LogP contribution in [-0.4, -0.2) is 43.2 Å². The highest BCUT2D eigenvalue weighted by Crippen LogP contribution is 2.40. The molecule has 0 saturated carbocycles. The molecule has 9 heteroatoms. The third-order valence-electron chi connectivity index (χ3n) is 3.34. The lowest BCUT2D eigenvalue weighted by molar-refractivity contribution is -0.162. The van der Waals surface area contributed by atoms with Crippen molar-refractivity contribution in [3.8, 4) is 11.5 Å². The van der Waals surface area contributed by atoms with Gasteiger partial charge in [-0.05, 0) is 6.07 Å². The summed E-state index contributed by atoms with van der Waals surface area (Å²) in [5, 5.41) is 9.18. The second-order valence-electron chi connectivity index (χ2n) is 5.01. The number of esters is 1. The largest absolute Gasteiger partial charge is 0.493 e. The molecule has 0 spiro atoms. The van der Waals surface area contributed by atoms with E-state index < -0.39 is 36.1 Å². The van der Waals surface area contributed by atoms with Crippen LogP contribution in [0.25, 0.3) is 10.1 Å². The van der Waals surface area contributed by atoms with Crippen molar-refractivity contribution in [2.75, 3.05) is 14.2 Å². The van der Waals surface area contributed by atoms with E-state index in [1.807, 2.05) is 0 Å². The lowest BCUT2D eigenvalue weighted by atomic mass is 10.1. The van der Waals surface area contributed by atoms with Crippen LogP contribution in [0.5, 0.6) is 11.5 Å². The molecule has 1 N–H and O–H groups in total. The zero-order valence-electron chi connectivity index (χ0n) is 13.6. The van der Waals surface area contributed by atoms with Crippen LogP contribution in [0.3, 0.4) is 0 Å². The zero-order valence-corrected chi connectivity index (χ0v) is 14.4. The highest BCUT2D eigenvalue weighted by molar-refractivity contribution is 7.20. The summed E-state index contributed by atoms with van der Waals surface area (Å²) < 4.78 is 29.6. The number of thiophene rings is 1. The maximum atomic E-state index is 14.5. The molecular formula is C16H15FO7S. The summed E-state index contributed by atoms with van der Waals surface area (Å²) in [5.41, 5.74) is 0. The molecular weight excluding hydrogens is 355 g/mol. The van der Waals surface area contributed by atoms with Gasteiger partial charge in [0.15, 0.2) is 23.1 Å². The topological polar surface area (TPSA) is 99.1 Å². The molecule has 134 valence electrons. The fourth-order valence-corrected chi connectivity index (χ4v) is 3.26. The van der Waals surface area contributed by atoms with Crippen LogP contribution in [0.4, 0.5) is 4.39 Å². The molecule has 2 aromatic rings. The maximum Gasteiger partial charge on any atom is 0.345 e. The Morgan fingerprint density at radius 3 is 2.44 bits per heavy atom. The summed E-state index contributed by atoms with van der Waals surface area (Å²) in [4.78, 5) is 34.5. The average molecular weight is 370 g/mol. The van der Waals surface area contributed by atoms with Crippen LogP contribution < -0.4 is 9.47 Å². The smallest absolute Gasteiger partial charge is 0.345 e.